The average Bonchev–Trinajstić information content (AvgIpc) is 1.33. The highest BCUT2D eigenvalue weighted by molar-refractivity contribution is 7.98. The van der Waals surface area contributed by atoms with Crippen LogP contribution in [0.1, 0.15) is 220 Å². The van der Waals surface area contributed by atoms with E-state index >= 15 is 0 Å². The molecule has 17 aliphatic rings. The molecule has 17 aliphatic carbocycles. The zero-order valence-electron chi connectivity index (χ0n) is 53.2. The Balaban J connectivity index is 0.0000000958. The van der Waals surface area contributed by atoms with Crippen LogP contribution in [0.2, 0.25) is 0 Å². The first-order valence-electron chi connectivity index (χ1n) is 35.5. The van der Waals surface area contributed by atoms with Crippen LogP contribution in [0, 0.1) is 82.9 Å². The number of nitrogens with zero attached hydrogens (tertiary/aromatic N) is 3. The first-order valence-corrected chi connectivity index (χ1v) is 39.3. The first kappa shape index (κ1) is 60.6. The standard InChI is InChI=1S/C21H26N2OS.C19H29N3O2.C18H23NS2.C17H21NS/c1-25-19-4-2-17(3-5-19)20-9-18(23-24-20)13-22-21-10-14-6-15(11-21)8-16(7-14)12-21;23-19-9-13-6-14(10-19)8-18(7-13,12-19)20-11-16-21-17(24-22-16)15-4-2-1-3-5-15;1-11-15-5-12-4-13(6-15)9-18(11,8-12)19-10-16-7-14-2-3-20-17(14)21-16;1(3-16-4-2-6-19-16)5-18-17-10-13-7-14(11-17)9-15(8-13)12-17/h2-5,9,14-16,22H,6-8,10-13H2,1H3;13-15,20,23H,1-12H2;2-3,7,11-13,15,19H,4-6,8-10H2,1H3;2,4,6,13-15,18H,5,7-12H2. The maximum absolute atomic E-state index is 10.8. The van der Waals surface area contributed by atoms with Crippen LogP contribution < -0.4 is 21.3 Å². The topological polar surface area (TPSA) is 133 Å². The van der Waals surface area contributed by atoms with E-state index in [1.807, 2.05) is 22.7 Å². The number of rotatable bonds is 14. The Kier molecular flexibility index (Phi) is 17.1. The second kappa shape index (κ2) is 25.1. The number of hydrogen-bond acceptors (Lipinski definition) is 14. The van der Waals surface area contributed by atoms with Gasteiger partial charge in [-0.2, -0.15) is 4.98 Å². The maximum Gasteiger partial charge on any atom is 0.229 e. The van der Waals surface area contributed by atoms with Gasteiger partial charge in [0.1, 0.15) is 0 Å². The molecule has 0 radical (unpaired) electrons. The summed E-state index contributed by atoms with van der Waals surface area (Å²) in [5.74, 6) is 20.9. The minimum atomic E-state index is -0.415. The highest BCUT2D eigenvalue weighted by Gasteiger charge is 2.58. The molecule has 17 fully saturated rings. The van der Waals surface area contributed by atoms with Gasteiger partial charge in [-0.05, 0) is 279 Å². The second-order valence-electron chi connectivity index (χ2n) is 32.3. The fourth-order valence-corrected chi connectivity index (χ4v) is 26.3. The molecule has 0 amide bonds. The van der Waals surface area contributed by atoms with Crippen molar-refractivity contribution in [3.8, 4) is 23.2 Å². The van der Waals surface area contributed by atoms with E-state index in [1.54, 1.807) is 23.1 Å². The van der Waals surface area contributed by atoms with Gasteiger partial charge in [-0.1, -0.05) is 66.5 Å². The van der Waals surface area contributed by atoms with Crippen molar-refractivity contribution < 1.29 is 14.2 Å². The van der Waals surface area contributed by atoms with Gasteiger partial charge < -0.3 is 35.4 Å². The maximum atomic E-state index is 10.8. The van der Waals surface area contributed by atoms with Crippen LogP contribution in [0.3, 0.4) is 0 Å². The number of aliphatic hydroxyl groups is 1. The van der Waals surface area contributed by atoms with Crippen molar-refractivity contribution in [1.82, 2.24) is 36.6 Å². The number of aromatic nitrogens is 3. The molecule has 16 bridgehead atoms. The molecule has 23 rings (SSSR count). The van der Waals surface area contributed by atoms with Crippen LogP contribution in [0.4, 0.5) is 0 Å². The fourth-order valence-electron chi connectivity index (χ4n) is 23.2. The van der Waals surface area contributed by atoms with Gasteiger partial charge >= 0.3 is 0 Å². The van der Waals surface area contributed by atoms with Gasteiger partial charge in [-0.25, -0.2) is 0 Å². The monoisotopic (exact) mass is 1270 g/mol. The summed E-state index contributed by atoms with van der Waals surface area (Å²) in [6.07, 6.45) is 39.9. The highest BCUT2D eigenvalue weighted by Crippen LogP contribution is 2.61. The van der Waals surface area contributed by atoms with E-state index < -0.39 is 5.60 Å². The fraction of sp³-hybridized carbons (Fsp3) is 0.693. The van der Waals surface area contributed by atoms with Crippen molar-refractivity contribution in [3.63, 3.8) is 0 Å². The van der Waals surface area contributed by atoms with E-state index in [4.69, 9.17) is 9.05 Å². The molecule has 0 saturated heterocycles. The predicted octanol–water partition coefficient (Wildman–Crippen LogP) is 17.3. The number of thiophene rings is 3. The van der Waals surface area contributed by atoms with E-state index in [9.17, 15) is 5.11 Å². The molecule has 0 spiro atoms. The quantitative estimate of drug-likeness (QED) is 0.0527. The van der Waals surface area contributed by atoms with Gasteiger partial charge in [0.15, 0.2) is 11.6 Å². The number of nitrogens with one attached hydrogen (secondary N) is 4. The lowest BCUT2D eigenvalue weighted by atomic mass is 9.49. The molecular weight excluding hydrogens is 1180 g/mol. The van der Waals surface area contributed by atoms with Crippen molar-refractivity contribution in [2.45, 2.75) is 245 Å². The van der Waals surface area contributed by atoms with Gasteiger partial charge in [0.05, 0.1) is 33.3 Å². The second-order valence-corrected chi connectivity index (χ2v) is 36.4. The van der Waals surface area contributed by atoms with E-state index in [1.165, 1.54) is 185 Å². The van der Waals surface area contributed by atoms with Gasteiger partial charge in [-0.15, -0.1) is 45.8 Å². The highest BCUT2D eigenvalue weighted by atomic mass is 32.2. The Hall–Kier alpha value is -3.36. The van der Waals surface area contributed by atoms with E-state index in [0.717, 1.165) is 127 Å². The van der Waals surface area contributed by atoms with Crippen molar-refractivity contribution in [2.24, 2.45) is 71.0 Å². The van der Waals surface area contributed by atoms with Crippen LogP contribution in [0.25, 0.3) is 20.7 Å². The van der Waals surface area contributed by atoms with Crippen molar-refractivity contribution in [2.75, 3.05) is 12.8 Å². The summed E-state index contributed by atoms with van der Waals surface area (Å²) < 4.78 is 12.6. The summed E-state index contributed by atoms with van der Waals surface area (Å²) in [7, 11) is 0. The van der Waals surface area contributed by atoms with Crippen molar-refractivity contribution in [1.29, 1.82) is 0 Å². The summed E-state index contributed by atoms with van der Waals surface area (Å²) in [5, 5.41) is 40.6. The number of benzene rings is 1. The molecule has 5 atom stereocenters. The number of hydrogen-bond donors (Lipinski definition) is 5. The largest absolute Gasteiger partial charge is 0.390 e. The minimum absolute atomic E-state index is 0.102. The summed E-state index contributed by atoms with van der Waals surface area (Å²) in [5.41, 5.74) is 3.12. The summed E-state index contributed by atoms with van der Waals surface area (Å²) in [4.78, 5) is 8.65. The molecule has 14 heteroatoms. The zero-order chi connectivity index (χ0) is 59.8. The lowest BCUT2D eigenvalue weighted by molar-refractivity contribution is -0.142. The van der Waals surface area contributed by atoms with Gasteiger partial charge in [0, 0.05) is 68.0 Å². The molecule has 17 saturated carbocycles. The average molecular weight is 1270 g/mol. The van der Waals surface area contributed by atoms with Crippen LogP contribution in [0.5, 0.6) is 0 Å². The van der Waals surface area contributed by atoms with Gasteiger partial charge in [-0.3, -0.25) is 0 Å². The van der Waals surface area contributed by atoms with Gasteiger partial charge in [0.2, 0.25) is 5.89 Å². The normalized spacial score (nSPS) is 38.6. The smallest absolute Gasteiger partial charge is 0.229 e. The third kappa shape index (κ3) is 13.2. The van der Waals surface area contributed by atoms with Crippen LogP contribution in [-0.4, -0.2) is 61.0 Å². The Morgan fingerprint density at radius 3 is 1.84 bits per heavy atom. The Morgan fingerprint density at radius 1 is 0.607 bits per heavy atom. The molecule has 5 heterocycles. The molecule has 5 N–H and O–H groups in total. The summed E-state index contributed by atoms with van der Waals surface area (Å²) in [6, 6.07) is 19.4. The third-order valence-corrected chi connectivity index (χ3v) is 29.4. The van der Waals surface area contributed by atoms with Crippen molar-refractivity contribution in [3.05, 3.63) is 92.5 Å². The zero-order valence-corrected chi connectivity index (χ0v) is 56.5. The number of thioether (sulfide) groups is 1. The van der Waals surface area contributed by atoms with E-state index in [-0.39, 0.29) is 5.54 Å². The van der Waals surface area contributed by atoms with E-state index in [2.05, 4.69) is 127 Å². The third-order valence-electron chi connectivity index (χ3n) is 25.7. The molecule has 10 nitrogen and oxygen atoms in total. The minimum Gasteiger partial charge on any atom is -0.390 e. The SMILES string of the molecule is C(#Cc1cccs1)CNC12CC3CC(CC(C3)C1)C2.CC1C2CC3CC(C2)CC1(NCc1cc2ccsc2s1)C3.CSc1ccc(-c2cc(CNC34CC5CC(CC(C5)C3)C4)no2)cc1.OC12CC3CC(C1)CC(NCc1noc(C4CCCCC4)n1)(C3)C2. The Morgan fingerprint density at radius 2 is 1.22 bits per heavy atom. The van der Waals surface area contributed by atoms with E-state index in [0.29, 0.717) is 40.9 Å². The van der Waals surface area contributed by atoms with Crippen LogP contribution in [0.15, 0.2) is 79.3 Å². The summed E-state index contributed by atoms with van der Waals surface area (Å²) >= 11 is 7.36. The molecule has 476 valence electrons. The van der Waals surface area contributed by atoms with Crippen LogP contribution in [-0.2, 0) is 19.6 Å². The molecule has 0 aliphatic heterocycles. The van der Waals surface area contributed by atoms with Crippen molar-refractivity contribution >= 4 is 55.2 Å². The van der Waals surface area contributed by atoms with Crippen LogP contribution >= 0.6 is 45.8 Å². The Bertz CT molecular complexity index is 3310. The molecule has 5 unspecified atom stereocenters. The first-order chi connectivity index (χ1) is 43.4. The number of fused-ring (bicyclic) bond motifs is 1. The molecule has 6 aromatic rings. The lowest BCUT2D eigenvalue weighted by Gasteiger charge is -2.61. The Labute approximate surface area is 546 Å². The predicted molar refractivity (Wildman–Crippen MR) is 363 cm³/mol. The molecule has 5 aromatic heterocycles. The molecule has 1 aromatic carbocycles. The summed E-state index contributed by atoms with van der Waals surface area (Å²) in [6.45, 7) is 5.99. The van der Waals surface area contributed by atoms with Gasteiger partial charge in [0.25, 0.3) is 0 Å². The molecular formula is C75H99N7O3S4. The lowest BCUT2D eigenvalue weighted by Crippen LogP contribution is -2.64. The molecule has 89 heavy (non-hydrogen) atoms.